The number of ether oxygens (including phenoxy) is 2. The number of hydrogen-bond acceptors (Lipinski definition) is 5. The molecule has 8 heteroatoms. The number of likely N-dealkylation sites (tertiary alicyclic amines) is 1. The maximum atomic E-state index is 13.1. The second-order valence-corrected chi connectivity index (χ2v) is 9.31. The Balaban J connectivity index is 1.40. The lowest BCUT2D eigenvalue weighted by Gasteiger charge is -2.45. The largest absolute Gasteiger partial charge is 0.481 e. The van der Waals surface area contributed by atoms with Gasteiger partial charge in [0.1, 0.15) is 12.1 Å². The van der Waals surface area contributed by atoms with Crippen LogP contribution in [0.25, 0.3) is 11.1 Å². The SMILES string of the molecule is COCC(C)(NC(=O)OCC1c2ccccc2-c2ccccc21)C(=O)N1CC(C(C)C(=O)O)C1. The van der Waals surface area contributed by atoms with Gasteiger partial charge in [0.05, 0.1) is 12.5 Å². The van der Waals surface area contributed by atoms with Gasteiger partial charge in [-0.3, -0.25) is 9.59 Å². The van der Waals surface area contributed by atoms with Crippen LogP contribution in [-0.4, -0.2) is 66.9 Å². The number of nitrogens with zero attached hydrogens (tertiary/aromatic N) is 1. The molecule has 2 atom stereocenters. The molecule has 2 amide bonds. The van der Waals surface area contributed by atoms with Gasteiger partial charge in [0.25, 0.3) is 5.91 Å². The van der Waals surface area contributed by atoms with Crippen molar-refractivity contribution in [1.29, 1.82) is 0 Å². The van der Waals surface area contributed by atoms with Crippen LogP contribution in [0, 0.1) is 11.8 Å². The minimum absolute atomic E-state index is 0.0360. The summed E-state index contributed by atoms with van der Waals surface area (Å²) in [7, 11) is 1.45. The standard InChI is InChI=1S/C26H30N2O6/c1-16(23(29)30)17-12-28(13-17)24(31)26(2,15-33-3)27-25(32)34-14-22-20-10-6-4-8-18(20)19-9-5-7-11-21(19)22/h4-11,16-17,22H,12-15H2,1-3H3,(H,27,32)(H,29,30). The molecule has 2 aromatic rings. The van der Waals surface area contributed by atoms with E-state index in [0.717, 1.165) is 22.3 Å². The van der Waals surface area contributed by atoms with Gasteiger partial charge in [-0.15, -0.1) is 0 Å². The number of amides is 2. The molecule has 1 aliphatic heterocycles. The van der Waals surface area contributed by atoms with Crippen molar-refractivity contribution in [3.05, 3.63) is 59.7 Å². The molecule has 2 aromatic carbocycles. The molecule has 4 rings (SSSR count). The number of carboxylic acid groups (broad SMARTS) is 1. The number of hydrogen-bond donors (Lipinski definition) is 2. The van der Waals surface area contributed by atoms with Gasteiger partial charge < -0.3 is 24.8 Å². The molecule has 0 aromatic heterocycles. The van der Waals surface area contributed by atoms with E-state index in [4.69, 9.17) is 9.47 Å². The maximum Gasteiger partial charge on any atom is 0.408 e. The fourth-order valence-corrected chi connectivity index (χ4v) is 4.85. The van der Waals surface area contributed by atoms with Crippen molar-refractivity contribution in [2.75, 3.05) is 33.4 Å². The first kappa shape index (κ1) is 23.8. The summed E-state index contributed by atoms with van der Waals surface area (Å²) in [5.41, 5.74) is 3.15. The average molecular weight is 467 g/mol. The van der Waals surface area contributed by atoms with E-state index in [9.17, 15) is 19.5 Å². The summed E-state index contributed by atoms with van der Waals surface area (Å²) in [5, 5.41) is 11.9. The highest BCUT2D eigenvalue weighted by Gasteiger charge is 2.45. The zero-order chi connectivity index (χ0) is 24.5. The molecule has 0 radical (unpaired) electrons. The third-order valence-corrected chi connectivity index (χ3v) is 6.92. The van der Waals surface area contributed by atoms with Crippen LogP contribution >= 0.6 is 0 Å². The number of methoxy groups -OCH3 is 1. The molecule has 2 aliphatic rings. The van der Waals surface area contributed by atoms with Crippen LogP contribution in [0.1, 0.15) is 30.9 Å². The summed E-state index contributed by atoms with van der Waals surface area (Å²) in [4.78, 5) is 38.6. The van der Waals surface area contributed by atoms with Gasteiger partial charge in [0.15, 0.2) is 0 Å². The van der Waals surface area contributed by atoms with E-state index < -0.39 is 23.5 Å². The zero-order valence-corrected chi connectivity index (χ0v) is 19.6. The highest BCUT2D eigenvalue weighted by molar-refractivity contribution is 5.90. The van der Waals surface area contributed by atoms with Crippen LogP contribution in [0.3, 0.4) is 0 Å². The van der Waals surface area contributed by atoms with E-state index >= 15 is 0 Å². The minimum Gasteiger partial charge on any atom is -0.481 e. The summed E-state index contributed by atoms with van der Waals surface area (Å²) in [5.74, 6) is -1.93. The van der Waals surface area contributed by atoms with E-state index in [0.29, 0.717) is 13.1 Å². The van der Waals surface area contributed by atoms with Gasteiger partial charge in [0.2, 0.25) is 0 Å². The first-order valence-corrected chi connectivity index (χ1v) is 11.4. The Morgan fingerprint density at radius 2 is 1.65 bits per heavy atom. The highest BCUT2D eigenvalue weighted by Crippen LogP contribution is 2.44. The molecule has 180 valence electrons. The number of carbonyl (C=O) groups is 3. The number of carboxylic acids is 1. The Morgan fingerprint density at radius 1 is 1.09 bits per heavy atom. The lowest BCUT2D eigenvalue weighted by atomic mass is 9.85. The molecule has 1 saturated heterocycles. The molecule has 0 bridgehead atoms. The number of carbonyl (C=O) groups excluding carboxylic acids is 2. The van der Waals surface area contributed by atoms with E-state index in [1.165, 1.54) is 7.11 Å². The number of rotatable bonds is 8. The van der Waals surface area contributed by atoms with E-state index in [1.807, 2.05) is 36.4 Å². The molecular weight excluding hydrogens is 436 g/mol. The molecule has 2 N–H and O–H groups in total. The van der Waals surface area contributed by atoms with Gasteiger partial charge in [0, 0.05) is 32.0 Å². The Bertz CT molecular complexity index is 1050. The summed E-state index contributed by atoms with van der Waals surface area (Å²) < 4.78 is 10.8. The molecule has 8 nitrogen and oxygen atoms in total. The summed E-state index contributed by atoms with van der Waals surface area (Å²) in [6.07, 6.45) is -0.703. The van der Waals surface area contributed by atoms with Gasteiger partial charge >= 0.3 is 12.1 Å². The topological polar surface area (TPSA) is 105 Å². The monoisotopic (exact) mass is 466 g/mol. The molecule has 2 unspecified atom stereocenters. The Kier molecular flexibility index (Phi) is 6.61. The van der Waals surface area contributed by atoms with Crippen LogP contribution in [0.2, 0.25) is 0 Å². The predicted molar refractivity (Wildman–Crippen MR) is 125 cm³/mol. The number of fused-ring (bicyclic) bond motifs is 3. The predicted octanol–water partition coefficient (Wildman–Crippen LogP) is 3.11. The molecule has 1 aliphatic carbocycles. The van der Waals surface area contributed by atoms with Crippen molar-refractivity contribution >= 4 is 18.0 Å². The molecule has 1 heterocycles. The first-order chi connectivity index (χ1) is 16.2. The minimum atomic E-state index is -1.32. The quantitative estimate of drug-likeness (QED) is 0.619. The van der Waals surface area contributed by atoms with Gasteiger partial charge in [-0.05, 0) is 29.2 Å². The first-order valence-electron chi connectivity index (χ1n) is 11.4. The normalized spacial score (nSPS) is 17.7. The van der Waals surface area contributed by atoms with Crippen molar-refractivity contribution in [2.45, 2.75) is 25.3 Å². The number of nitrogens with one attached hydrogen (secondary N) is 1. The Morgan fingerprint density at radius 3 is 2.18 bits per heavy atom. The van der Waals surface area contributed by atoms with Crippen LogP contribution in [0.15, 0.2) is 48.5 Å². The summed E-state index contributed by atoms with van der Waals surface area (Å²) in [6, 6.07) is 16.1. The average Bonchev–Trinajstić information content (AvgIpc) is 3.10. The van der Waals surface area contributed by atoms with E-state index in [-0.39, 0.29) is 31.0 Å². The van der Waals surface area contributed by atoms with Gasteiger partial charge in [-0.2, -0.15) is 0 Å². The van der Waals surface area contributed by atoms with E-state index in [2.05, 4.69) is 17.4 Å². The van der Waals surface area contributed by atoms with Crippen LogP contribution in [-0.2, 0) is 19.1 Å². The molecule has 0 spiro atoms. The molecule has 34 heavy (non-hydrogen) atoms. The Hall–Kier alpha value is -3.39. The third-order valence-electron chi connectivity index (χ3n) is 6.92. The molecule has 0 saturated carbocycles. The van der Waals surface area contributed by atoms with Crippen LogP contribution < -0.4 is 5.32 Å². The van der Waals surface area contributed by atoms with Crippen LogP contribution in [0.4, 0.5) is 4.79 Å². The van der Waals surface area contributed by atoms with Crippen LogP contribution in [0.5, 0.6) is 0 Å². The second kappa shape index (κ2) is 9.46. The smallest absolute Gasteiger partial charge is 0.408 e. The van der Waals surface area contributed by atoms with Crippen molar-refractivity contribution in [3.63, 3.8) is 0 Å². The lowest BCUT2D eigenvalue weighted by molar-refractivity contribution is -0.154. The second-order valence-electron chi connectivity index (χ2n) is 9.31. The summed E-state index contributed by atoms with van der Waals surface area (Å²) in [6.45, 7) is 3.99. The summed E-state index contributed by atoms with van der Waals surface area (Å²) >= 11 is 0. The highest BCUT2D eigenvalue weighted by atomic mass is 16.5. The zero-order valence-electron chi connectivity index (χ0n) is 19.6. The van der Waals surface area contributed by atoms with Crippen molar-refractivity contribution < 1.29 is 29.0 Å². The van der Waals surface area contributed by atoms with E-state index in [1.54, 1.807) is 18.7 Å². The number of alkyl carbamates (subject to hydrolysis) is 1. The van der Waals surface area contributed by atoms with Crippen molar-refractivity contribution in [3.8, 4) is 11.1 Å². The number of aliphatic carboxylic acids is 1. The fraction of sp³-hybridized carbons (Fsp3) is 0.423. The lowest BCUT2D eigenvalue weighted by Crippen LogP contribution is -2.65. The molecule has 1 fully saturated rings. The maximum absolute atomic E-state index is 13.1. The molecular formula is C26H30N2O6. The van der Waals surface area contributed by atoms with Crippen molar-refractivity contribution in [1.82, 2.24) is 10.2 Å². The fourth-order valence-electron chi connectivity index (χ4n) is 4.85. The van der Waals surface area contributed by atoms with Gasteiger partial charge in [-0.1, -0.05) is 55.5 Å². The van der Waals surface area contributed by atoms with Crippen molar-refractivity contribution in [2.24, 2.45) is 11.8 Å². The van der Waals surface area contributed by atoms with Gasteiger partial charge in [-0.25, -0.2) is 4.79 Å². The Labute approximate surface area is 198 Å². The number of benzene rings is 2. The third kappa shape index (κ3) is 4.37.